The van der Waals surface area contributed by atoms with Gasteiger partial charge < -0.3 is 4.74 Å². The van der Waals surface area contributed by atoms with Crippen molar-refractivity contribution < 1.29 is 4.74 Å². The minimum absolute atomic E-state index is 0.618. The summed E-state index contributed by atoms with van der Waals surface area (Å²) in [5.41, 5.74) is 2.36. The fraction of sp³-hybridized carbons (Fsp3) is 0.364. The summed E-state index contributed by atoms with van der Waals surface area (Å²) in [5.74, 6) is 0.687. The maximum Gasteiger partial charge on any atom is 0.213 e. The van der Waals surface area contributed by atoms with Crippen molar-refractivity contribution in [1.82, 2.24) is 4.98 Å². The van der Waals surface area contributed by atoms with Crippen LogP contribution < -0.4 is 4.74 Å². The lowest BCUT2D eigenvalue weighted by Crippen LogP contribution is -1.99. The third kappa shape index (κ3) is 3.28. The van der Waals surface area contributed by atoms with Crippen molar-refractivity contribution in [1.29, 1.82) is 0 Å². The molecule has 0 aliphatic heterocycles. The van der Waals surface area contributed by atoms with E-state index in [9.17, 15) is 0 Å². The summed E-state index contributed by atoms with van der Waals surface area (Å²) in [6.07, 6.45) is 3.84. The molecule has 0 unspecified atom stereocenters. The molecule has 0 fully saturated rings. The topological polar surface area (TPSA) is 22.1 Å². The fourth-order valence-corrected chi connectivity index (χ4v) is 0.811. The highest BCUT2D eigenvalue weighted by atomic mass is 16.5. The van der Waals surface area contributed by atoms with Crippen LogP contribution >= 0.6 is 0 Å². The number of rotatable bonds is 3. The number of allylic oxidation sites excluding steroid dienone is 1. The zero-order valence-electron chi connectivity index (χ0n) is 8.37. The van der Waals surface area contributed by atoms with Gasteiger partial charge in [0.25, 0.3) is 0 Å². The molecule has 0 aliphatic carbocycles. The molecule has 2 heteroatoms. The first-order valence-corrected chi connectivity index (χ1v) is 4.39. The number of aryl methyl sites for hydroxylation is 1. The van der Waals surface area contributed by atoms with Crippen molar-refractivity contribution in [3.05, 3.63) is 35.5 Å². The van der Waals surface area contributed by atoms with Gasteiger partial charge in [-0.3, -0.25) is 0 Å². The summed E-state index contributed by atoms with van der Waals surface area (Å²) in [4.78, 5) is 4.14. The first kappa shape index (κ1) is 9.78. The van der Waals surface area contributed by atoms with Crippen LogP contribution in [0, 0.1) is 6.92 Å². The molecular formula is C11H15NO. The Morgan fingerprint density at radius 2 is 2.31 bits per heavy atom. The van der Waals surface area contributed by atoms with E-state index in [2.05, 4.69) is 4.98 Å². The Balaban J connectivity index is 2.51. The maximum atomic E-state index is 5.43. The zero-order valence-corrected chi connectivity index (χ0v) is 8.37. The molecule has 0 amide bonds. The molecule has 0 bridgehead atoms. The summed E-state index contributed by atoms with van der Waals surface area (Å²) in [6, 6.07) is 3.88. The van der Waals surface area contributed by atoms with Gasteiger partial charge in [-0.15, -0.1) is 0 Å². The molecular weight excluding hydrogens is 162 g/mol. The van der Waals surface area contributed by atoms with E-state index in [1.54, 1.807) is 6.20 Å². The third-order valence-corrected chi connectivity index (χ3v) is 1.82. The predicted molar refractivity (Wildman–Crippen MR) is 53.9 cm³/mol. The monoisotopic (exact) mass is 177 g/mol. The van der Waals surface area contributed by atoms with Gasteiger partial charge >= 0.3 is 0 Å². The Bertz CT molecular complexity index is 287. The van der Waals surface area contributed by atoms with Crippen molar-refractivity contribution in [3.63, 3.8) is 0 Å². The lowest BCUT2D eigenvalue weighted by atomic mass is 10.3. The van der Waals surface area contributed by atoms with Gasteiger partial charge in [0, 0.05) is 12.3 Å². The molecule has 13 heavy (non-hydrogen) atoms. The Morgan fingerprint density at radius 3 is 2.85 bits per heavy atom. The zero-order chi connectivity index (χ0) is 9.68. The van der Waals surface area contributed by atoms with Gasteiger partial charge in [0.05, 0.1) is 0 Å². The van der Waals surface area contributed by atoms with Crippen molar-refractivity contribution in [3.8, 4) is 5.88 Å². The quantitative estimate of drug-likeness (QED) is 0.662. The summed E-state index contributed by atoms with van der Waals surface area (Å²) >= 11 is 0. The number of pyridine rings is 1. The van der Waals surface area contributed by atoms with Gasteiger partial charge in [-0.2, -0.15) is 0 Å². The number of nitrogens with zero attached hydrogens (tertiary/aromatic N) is 1. The standard InChI is InChI=1S/C11H15NO/c1-4-9(2)8-13-11-6-5-10(3)7-12-11/h4-7H,8H2,1-3H3. The minimum Gasteiger partial charge on any atom is -0.473 e. The predicted octanol–water partition coefficient (Wildman–Crippen LogP) is 2.74. The lowest BCUT2D eigenvalue weighted by molar-refractivity contribution is 0.338. The Morgan fingerprint density at radius 1 is 1.54 bits per heavy atom. The molecule has 0 spiro atoms. The molecule has 0 saturated carbocycles. The molecule has 0 N–H and O–H groups in total. The number of hydrogen-bond acceptors (Lipinski definition) is 2. The molecule has 2 nitrogen and oxygen atoms in total. The second kappa shape index (κ2) is 4.65. The van der Waals surface area contributed by atoms with E-state index in [1.807, 2.05) is 39.0 Å². The molecule has 0 atom stereocenters. The summed E-state index contributed by atoms with van der Waals surface area (Å²) in [7, 11) is 0. The van der Waals surface area contributed by atoms with Crippen LogP contribution in [0.2, 0.25) is 0 Å². The van der Waals surface area contributed by atoms with Crippen LogP contribution in [-0.4, -0.2) is 11.6 Å². The van der Waals surface area contributed by atoms with E-state index in [0.717, 1.165) is 5.56 Å². The van der Waals surface area contributed by atoms with Gasteiger partial charge in [-0.1, -0.05) is 12.1 Å². The van der Waals surface area contributed by atoms with E-state index in [1.165, 1.54) is 5.57 Å². The van der Waals surface area contributed by atoms with Gasteiger partial charge in [-0.05, 0) is 31.9 Å². The smallest absolute Gasteiger partial charge is 0.213 e. The van der Waals surface area contributed by atoms with Crippen LogP contribution in [0.15, 0.2) is 30.0 Å². The van der Waals surface area contributed by atoms with Crippen molar-refractivity contribution in [2.75, 3.05) is 6.61 Å². The molecule has 1 heterocycles. The van der Waals surface area contributed by atoms with Crippen molar-refractivity contribution in [2.45, 2.75) is 20.8 Å². The van der Waals surface area contributed by atoms with Crippen molar-refractivity contribution >= 4 is 0 Å². The van der Waals surface area contributed by atoms with Crippen LogP contribution in [0.3, 0.4) is 0 Å². The molecule has 1 rings (SSSR count). The van der Waals surface area contributed by atoms with Crippen LogP contribution in [-0.2, 0) is 0 Å². The van der Waals surface area contributed by atoms with Crippen LogP contribution in [0.5, 0.6) is 5.88 Å². The van der Waals surface area contributed by atoms with Gasteiger partial charge in [-0.25, -0.2) is 4.98 Å². The van der Waals surface area contributed by atoms with E-state index in [4.69, 9.17) is 4.74 Å². The first-order valence-electron chi connectivity index (χ1n) is 4.39. The average Bonchev–Trinajstić information content (AvgIpc) is 2.16. The highest BCUT2D eigenvalue weighted by Gasteiger charge is 1.94. The number of aromatic nitrogens is 1. The largest absolute Gasteiger partial charge is 0.473 e. The average molecular weight is 177 g/mol. The Kier molecular flexibility index (Phi) is 3.50. The number of ether oxygens (including phenoxy) is 1. The Labute approximate surface area is 79.3 Å². The van der Waals surface area contributed by atoms with Crippen molar-refractivity contribution in [2.24, 2.45) is 0 Å². The Hall–Kier alpha value is -1.31. The highest BCUT2D eigenvalue weighted by molar-refractivity contribution is 5.16. The second-order valence-electron chi connectivity index (χ2n) is 3.10. The summed E-state index contributed by atoms with van der Waals surface area (Å²) in [6.45, 7) is 6.66. The van der Waals surface area contributed by atoms with Crippen LogP contribution in [0.1, 0.15) is 19.4 Å². The molecule has 1 aromatic heterocycles. The fourth-order valence-electron chi connectivity index (χ4n) is 0.811. The molecule has 0 radical (unpaired) electrons. The summed E-state index contributed by atoms with van der Waals surface area (Å²) in [5, 5.41) is 0. The lowest BCUT2D eigenvalue weighted by Gasteiger charge is -2.04. The second-order valence-corrected chi connectivity index (χ2v) is 3.10. The molecule has 0 saturated heterocycles. The van der Waals surface area contributed by atoms with Crippen LogP contribution in [0.4, 0.5) is 0 Å². The SMILES string of the molecule is CC=C(C)COc1ccc(C)cn1. The van der Waals surface area contributed by atoms with Gasteiger partial charge in [0.2, 0.25) is 5.88 Å². The first-order chi connectivity index (χ1) is 6.22. The van der Waals surface area contributed by atoms with Gasteiger partial charge in [0.15, 0.2) is 0 Å². The highest BCUT2D eigenvalue weighted by Crippen LogP contribution is 2.07. The minimum atomic E-state index is 0.618. The van der Waals surface area contributed by atoms with E-state index in [0.29, 0.717) is 12.5 Å². The van der Waals surface area contributed by atoms with E-state index in [-0.39, 0.29) is 0 Å². The number of hydrogen-bond donors (Lipinski definition) is 0. The molecule has 1 aromatic rings. The van der Waals surface area contributed by atoms with Crippen LogP contribution in [0.25, 0.3) is 0 Å². The molecule has 0 aliphatic rings. The summed E-state index contributed by atoms with van der Waals surface area (Å²) < 4.78 is 5.43. The van der Waals surface area contributed by atoms with Gasteiger partial charge in [0.1, 0.15) is 6.61 Å². The van der Waals surface area contributed by atoms with E-state index < -0.39 is 0 Å². The van der Waals surface area contributed by atoms with E-state index >= 15 is 0 Å². The molecule has 0 aromatic carbocycles. The normalized spacial score (nSPS) is 11.5. The maximum absolute atomic E-state index is 5.43. The molecule has 70 valence electrons. The third-order valence-electron chi connectivity index (χ3n) is 1.82.